The lowest BCUT2D eigenvalue weighted by Gasteiger charge is -2.34. The van der Waals surface area contributed by atoms with E-state index >= 15 is 0 Å². The summed E-state index contributed by atoms with van der Waals surface area (Å²) in [6.07, 6.45) is 0.971. The summed E-state index contributed by atoms with van der Waals surface area (Å²) >= 11 is 1.69. The van der Waals surface area contributed by atoms with E-state index in [-0.39, 0.29) is 12.0 Å². The lowest BCUT2D eigenvalue weighted by molar-refractivity contribution is -0.113. The molecule has 2 nitrogen and oxygen atoms in total. The van der Waals surface area contributed by atoms with Crippen molar-refractivity contribution < 1.29 is 9.22 Å². The molecule has 102 valence electrons. The van der Waals surface area contributed by atoms with Gasteiger partial charge in [-0.3, -0.25) is 0 Å². The van der Waals surface area contributed by atoms with E-state index in [2.05, 4.69) is 32.2 Å². The van der Waals surface area contributed by atoms with Crippen molar-refractivity contribution in [1.29, 1.82) is 0 Å². The van der Waals surface area contributed by atoms with Crippen molar-refractivity contribution >= 4 is 25.9 Å². The summed E-state index contributed by atoms with van der Waals surface area (Å²) in [6, 6.07) is 7.46. The molecule has 18 heavy (non-hydrogen) atoms. The average molecular weight is 284 g/mol. The van der Waals surface area contributed by atoms with Gasteiger partial charge in [0.15, 0.2) is 8.32 Å². The van der Waals surface area contributed by atoms with Crippen LogP contribution in [0.5, 0.6) is 0 Å². The Hall–Kier alpha value is -0.453. The predicted molar refractivity (Wildman–Crippen MR) is 80.6 cm³/mol. The first-order valence-electron chi connectivity index (χ1n) is 6.79. The molecule has 0 saturated carbocycles. The number of hydrogen-bond donors (Lipinski definition) is 0. The summed E-state index contributed by atoms with van der Waals surface area (Å²) in [4.78, 5) is 12.3. The van der Waals surface area contributed by atoms with E-state index in [1.165, 1.54) is 4.88 Å². The number of hydrogen-bond acceptors (Lipinski definition) is 3. The average Bonchev–Trinajstić information content (AvgIpc) is 2.94. The molecule has 0 aliphatic carbocycles. The van der Waals surface area contributed by atoms with Crippen LogP contribution in [0.1, 0.15) is 38.7 Å². The second kappa shape index (κ2) is 7.21. The van der Waals surface area contributed by atoms with Gasteiger partial charge < -0.3 is 9.22 Å². The first kappa shape index (κ1) is 15.6. The van der Waals surface area contributed by atoms with Crippen molar-refractivity contribution in [2.45, 2.75) is 51.9 Å². The van der Waals surface area contributed by atoms with Gasteiger partial charge in [0.1, 0.15) is 6.29 Å². The van der Waals surface area contributed by atoms with Gasteiger partial charge in [0.2, 0.25) is 0 Å². The summed E-state index contributed by atoms with van der Waals surface area (Å²) in [5, 5.41) is 2.05. The van der Waals surface area contributed by atoms with Crippen molar-refractivity contribution in [3.8, 4) is 0 Å². The molecular formula is C14H24O2SSi. The molecule has 1 aromatic rings. The molecule has 1 rings (SSSR count). The monoisotopic (exact) mass is 284 g/mol. The molecule has 0 aromatic carbocycles. The van der Waals surface area contributed by atoms with Gasteiger partial charge in [-0.15, -0.1) is 11.3 Å². The van der Waals surface area contributed by atoms with Crippen LogP contribution in [0.3, 0.4) is 0 Å². The van der Waals surface area contributed by atoms with Crippen LogP contribution in [-0.2, 0) is 9.22 Å². The number of thiophene rings is 1. The van der Waals surface area contributed by atoms with Crippen LogP contribution in [0.25, 0.3) is 0 Å². The van der Waals surface area contributed by atoms with Crippen LogP contribution in [0.15, 0.2) is 17.5 Å². The second-order valence-electron chi connectivity index (χ2n) is 4.79. The van der Waals surface area contributed by atoms with Crippen LogP contribution in [0.4, 0.5) is 0 Å². The van der Waals surface area contributed by atoms with Crippen molar-refractivity contribution in [2.24, 2.45) is 5.92 Å². The van der Waals surface area contributed by atoms with Crippen LogP contribution in [0.2, 0.25) is 18.1 Å². The Morgan fingerprint density at radius 2 is 1.94 bits per heavy atom. The molecule has 0 unspecified atom stereocenters. The molecule has 1 heterocycles. The van der Waals surface area contributed by atoms with Crippen molar-refractivity contribution in [3.63, 3.8) is 0 Å². The van der Waals surface area contributed by atoms with Gasteiger partial charge >= 0.3 is 0 Å². The topological polar surface area (TPSA) is 26.3 Å². The first-order valence-corrected chi connectivity index (χ1v) is 10.2. The molecule has 0 amide bonds. The Balaban J connectivity index is 2.94. The number of carbonyl (C=O) groups is 1. The van der Waals surface area contributed by atoms with Crippen LogP contribution >= 0.6 is 11.3 Å². The zero-order valence-electron chi connectivity index (χ0n) is 11.8. The van der Waals surface area contributed by atoms with E-state index in [9.17, 15) is 4.79 Å². The molecule has 0 saturated heterocycles. The molecular weight excluding hydrogens is 260 g/mol. The zero-order chi connectivity index (χ0) is 13.6. The van der Waals surface area contributed by atoms with Gasteiger partial charge in [-0.05, 0) is 29.6 Å². The summed E-state index contributed by atoms with van der Waals surface area (Å²) in [7, 11) is -1.67. The van der Waals surface area contributed by atoms with Crippen LogP contribution < -0.4 is 0 Å². The summed E-state index contributed by atoms with van der Waals surface area (Å²) < 4.78 is 6.50. The van der Waals surface area contributed by atoms with Crippen molar-refractivity contribution in [2.75, 3.05) is 0 Å². The molecule has 0 aliphatic heterocycles. The molecule has 0 spiro atoms. The highest BCUT2D eigenvalue weighted by Gasteiger charge is 2.34. The standard InChI is InChI=1S/C14H24O2SSi/c1-5-18(6-2,7-3)16-14(12(4)11-15)13-9-8-10-17-13/h8-12,14H,5-7H2,1-4H3/t12-,14+/m0/s1. The Kier molecular flexibility index (Phi) is 6.25. The number of aldehydes is 1. The van der Waals surface area contributed by atoms with Gasteiger partial charge in [0.25, 0.3) is 0 Å². The molecule has 0 aliphatic rings. The molecule has 0 N–H and O–H groups in total. The number of rotatable bonds is 8. The minimum atomic E-state index is -1.67. The lowest BCUT2D eigenvalue weighted by atomic mass is 10.1. The van der Waals surface area contributed by atoms with Gasteiger partial charge in [-0.1, -0.05) is 33.8 Å². The molecule has 0 radical (unpaired) electrons. The predicted octanol–water partition coefficient (Wildman–Crippen LogP) is 4.65. The Morgan fingerprint density at radius 1 is 1.33 bits per heavy atom. The largest absolute Gasteiger partial charge is 0.408 e. The Labute approximate surface area is 116 Å². The fraction of sp³-hybridized carbons (Fsp3) is 0.643. The fourth-order valence-corrected chi connectivity index (χ4v) is 6.05. The third-order valence-electron chi connectivity index (χ3n) is 3.83. The van der Waals surface area contributed by atoms with Gasteiger partial charge in [0.05, 0.1) is 6.10 Å². The minimum absolute atomic E-state index is 0.0472. The van der Waals surface area contributed by atoms with Gasteiger partial charge in [-0.2, -0.15) is 0 Å². The summed E-state index contributed by atoms with van der Waals surface area (Å²) in [5.41, 5.74) is 0. The highest BCUT2D eigenvalue weighted by Crippen LogP contribution is 2.35. The molecule has 4 heteroatoms. The molecule has 2 atom stereocenters. The third-order valence-corrected chi connectivity index (χ3v) is 9.38. The minimum Gasteiger partial charge on any atom is -0.408 e. The fourth-order valence-electron chi connectivity index (χ4n) is 2.22. The normalized spacial score (nSPS) is 15.3. The van der Waals surface area contributed by atoms with E-state index in [4.69, 9.17) is 4.43 Å². The number of carbonyl (C=O) groups excluding carboxylic acids is 1. The summed E-state index contributed by atoms with van der Waals surface area (Å²) in [6.45, 7) is 8.61. The highest BCUT2D eigenvalue weighted by atomic mass is 32.1. The molecule has 1 aromatic heterocycles. The van der Waals surface area contributed by atoms with Crippen molar-refractivity contribution in [3.05, 3.63) is 22.4 Å². The lowest BCUT2D eigenvalue weighted by Crippen LogP contribution is -2.38. The first-order chi connectivity index (χ1) is 8.62. The highest BCUT2D eigenvalue weighted by molar-refractivity contribution is 7.10. The summed E-state index contributed by atoms with van der Waals surface area (Å²) in [5.74, 6) is -0.0693. The van der Waals surface area contributed by atoms with E-state index in [0.717, 1.165) is 24.4 Å². The second-order valence-corrected chi connectivity index (χ2v) is 10.5. The van der Waals surface area contributed by atoms with E-state index in [1.54, 1.807) is 11.3 Å². The molecule has 0 fully saturated rings. The smallest absolute Gasteiger partial charge is 0.192 e. The third kappa shape index (κ3) is 3.53. The molecule has 0 bridgehead atoms. The van der Waals surface area contributed by atoms with E-state index < -0.39 is 8.32 Å². The maximum atomic E-state index is 11.1. The van der Waals surface area contributed by atoms with Gasteiger partial charge in [-0.25, -0.2) is 0 Å². The van der Waals surface area contributed by atoms with Gasteiger partial charge in [0, 0.05) is 10.8 Å². The zero-order valence-corrected chi connectivity index (χ0v) is 13.6. The Bertz CT molecular complexity index is 338. The van der Waals surface area contributed by atoms with Crippen LogP contribution in [-0.4, -0.2) is 14.6 Å². The quantitative estimate of drug-likeness (QED) is 0.513. The van der Waals surface area contributed by atoms with Crippen LogP contribution in [0, 0.1) is 5.92 Å². The maximum absolute atomic E-state index is 11.1. The maximum Gasteiger partial charge on any atom is 0.192 e. The Morgan fingerprint density at radius 3 is 2.33 bits per heavy atom. The SMILES string of the molecule is CC[Si](CC)(CC)O[C@@H](c1cccs1)[C@@H](C)C=O. The van der Waals surface area contributed by atoms with Crippen molar-refractivity contribution in [1.82, 2.24) is 0 Å². The van der Waals surface area contributed by atoms with E-state index in [1.807, 2.05) is 13.0 Å². The van der Waals surface area contributed by atoms with E-state index in [0.29, 0.717) is 0 Å².